The Balaban J connectivity index is 1.31. The number of carbonyl (C=O) groups excluding carboxylic acids is 2. The van der Waals surface area contributed by atoms with Gasteiger partial charge in [0.15, 0.2) is 12.4 Å². The van der Waals surface area contributed by atoms with Gasteiger partial charge in [0.1, 0.15) is 11.8 Å². The van der Waals surface area contributed by atoms with Crippen molar-refractivity contribution in [2.75, 3.05) is 6.61 Å². The van der Waals surface area contributed by atoms with E-state index in [0.717, 1.165) is 5.56 Å². The van der Waals surface area contributed by atoms with Crippen LogP contribution in [0.4, 0.5) is 0 Å². The van der Waals surface area contributed by atoms with Crippen LogP contribution in [0.3, 0.4) is 0 Å². The SMILES string of the molecule is O=C(COc1ccccc1)NCc1noc([C@@H]2CCC(=O)N2Cc2ccccc2)n1. The summed E-state index contributed by atoms with van der Waals surface area (Å²) in [6.07, 6.45) is 1.08. The normalized spacial score (nSPS) is 15.9. The van der Waals surface area contributed by atoms with E-state index in [1.165, 1.54) is 0 Å². The van der Waals surface area contributed by atoms with Gasteiger partial charge in [0.25, 0.3) is 5.91 Å². The van der Waals surface area contributed by atoms with Crippen LogP contribution in [-0.4, -0.2) is 33.5 Å². The number of likely N-dealkylation sites (tertiary alicyclic amines) is 1. The Labute approximate surface area is 173 Å². The van der Waals surface area contributed by atoms with Crippen LogP contribution >= 0.6 is 0 Å². The summed E-state index contributed by atoms with van der Waals surface area (Å²) in [5.41, 5.74) is 1.04. The van der Waals surface area contributed by atoms with Gasteiger partial charge in [0.05, 0.1) is 6.54 Å². The lowest BCUT2D eigenvalue weighted by atomic mass is 10.2. The first kappa shape index (κ1) is 19.6. The minimum absolute atomic E-state index is 0.0648. The van der Waals surface area contributed by atoms with Crippen molar-refractivity contribution in [3.8, 4) is 5.75 Å². The molecule has 0 spiro atoms. The number of hydrogen-bond acceptors (Lipinski definition) is 6. The first-order valence-electron chi connectivity index (χ1n) is 9.79. The fraction of sp³-hybridized carbons (Fsp3) is 0.273. The van der Waals surface area contributed by atoms with Gasteiger partial charge in [0.2, 0.25) is 11.8 Å². The summed E-state index contributed by atoms with van der Waals surface area (Å²) in [5, 5.41) is 6.64. The molecule has 2 heterocycles. The number of para-hydroxylation sites is 1. The van der Waals surface area contributed by atoms with Crippen LogP contribution in [-0.2, 0) is 22.7 Å². The minimum atomic E-state index is -0.285. The molecule has 1 aliphatic rings. The topological polar surface area (TPSA) is 97.6 Å². The van der Waals surface area contributed by atoms with Gasteiger partial charge in [-0.25, -0.2) is 0 Å². The molecule has 0 bridgehead atoms. The number of nitrogens with zero attached hydrogens (tertiary/aromatic N) is 3. The molecule has 1 saturated heterocycles. The van der Waals surface area contributed by atoms with Crippen molar-refractivity contribution in [2.45, 2.75) is 32.0 Å². The maximum atomic E-state index is 12.3. The van der Waals surface area contributed by atoms with Crippen LogP contribution < -0.4 is 10.1 Å². The third-order valence-electron chi connectivity index (χ3n) is 4.85. The highest BCUT2D eigenvalue weighted by atomic mass is 16.5. The lowest BCUT2D eigenvalue weighted by molar-refractivity contribution is -0.130. The maximum Gasteiger partial charge on any atom is 0.258 e. The van der Waals surface area contributed by atoms with Crippen molar-refractivity contribution in [2.24, 2.45) is 0 Å². The Kier molecular flexibility index (Phi) is 6.03. The second-order valence-corrected chi connectivity index (χ2v) is 6.99. The van der Waals surface area contributed by atoms with Crippen molar-refractivity contribution >= 4 is 11.8 Å². The van der Waals surface area contributed by atoms with Crippen LogP contribution in [0.5, 0.6) is 5.75 Å². The van der Waals surface area contributed by atoms with Gasteiger partial charge < -0.3 is 19.5 Å². The van der Waals surface area contributed by atoms with Gasteiger partial charge in [0, 0.05) is 13.0 Å². The van der Waals surface area contributed by atoms with Crippen LogP contribution in [0.1, 0.15) is 36.2 Å². The zero-order valence-electron chi connectivity index (χ0n) is 16.4. The quantitative estimate of drug-likeness (QED) is 0.618. The molecule has 4 rings (SSSR count). The van der Waals surface area contributed by atoms with E-state index in [-0.39, 0.29) is 31.0 Å². The summed E-state index contributed by atoms with van der Waals surface area (Å²) in [6.45, 7) is 0.520. The summed E-state index contributed by atoms with van der Waals surface area (Å²) in [4.78, 5) is 30.5. The molecule has 0 unspecified atom stereocenters. The van der Waals surface area contributed by atoms with Crippen molar-refractivity contribution in [3.05, 3.63) is 77.9 Å². The van der Waals surface area contributed by atoms with Crippen molar-refractivity contribution < 1.29 is 18.8 Å². The predicted molar refractivity (Wildman–Crippen MR) is 107 cm³/mol. The van der Waals surface area contributed by atoms with Crippen LogP contribution in [0.25, 0.3) is 0 Å². The molecule has 2 amide bonds. The fourth-order valence-electron chi connectivity index (χ4n) is 3.34. The molecule has 30 heavy (non-hydrogen) atoms. The van der Waals surface area contributed by atoms with E-state index < -0.39 is 0 Å². The lowest BCUT2D eigenvalue weighted by Gasteiger charge is -2.22. The molecule has 8 heteroatoms. The number of nitrogens with one attached hydrogen (secondary N) is 1. The predicted octanol–water partition coefficient (Wildman–Crippen LogP) is 2.63. The summed E-state index contributed by atoms with van der Waals surface area (Å²) >= 11 is 0. The Morgan fingerprint density at radius 2 is 1.87 bits per heavy atom. The van der Waals surface area contributed by atoms with E-state index in [4.69, 9.17) is 9.26 Å². The summed E-state index contributed by atoms with van der Waals surface area (Å²) in [6, 6.07) is 18.6. The number of rotatable bonds is 8. The average molecular weight is 406 g/mol. The molecule has 1 fully saturated rings. The monoisotopic (exact) mass is 406 g/mol. The highest BCUT2D eigenvalue weighted by molar-refractivity contribution is 5.79. The summed E-state index contributed by atoms with van der Waals surface area (Å²) in [7, 11) is 0. The average Bonchev–Trinajstić information content (AvgIpc) is 3.39. The van der Waals surface area contributed by atoms with Crippen LogP contribution in [0.15, 0.2) is 65.2 Å². The van der Waals surface area contributed by atoms with E-state index in [0.29, 0.717) is 36.9 Å². The van der Waals surface area contributed by atoms with Crippen molar-refractivity contribution in [3.63, 3.8) is 0 Å². The Morgan fingerprint density at radius 1 is 1.13 bits per heavy atom. The molecule has 2 aromatic carbocycles. The Hall–Kier alpha value is -3.68. The zero-order valence-corrected chi connectivity index (χ0v) is 16.4. The van der Waals surface area contributed by atoms with Gasteiger partial charge in [-0.2, -0.15) is 4.98 Å². The largest absolute Gasteiger partial charge is 0.484 e. The highest BCUT2D eigenvalue weighted by Crippen LogP contribution is 2.33. The van der Waals surface area contributed by atoms with E-state index in [9.17, 15) is 9.59 Å². The molecule has 1 aromatic heterocycles. The molecule has 1 atom stereocenters. The van der Waals surface area contributed by atoms with Crippen molar-refractivity contribution in [1.82, 2.24) is 20.4 Å². The Morgan fingerprint density at radius 3 is 2.63 bits per heavy atom. The number of aromatic nitrogens is 2. The lowest BCUT2D eigenvalue weighted by Crippen LogP contribution is -2.29. The highest BCUT2D eigenvalue weighted by Gasteiger charge is 2.35. The minimum Gasteiger partial charge on any atom is -0.484 e. The molecule has 154 valence electrons. The van der Waals surface area contributed by atoms with E-state index in [1.807, 2.05) is 48.5 Å². The molecule has 1 N–H and O–H groups in total. The van der Waals surface area contributed by atoms with Gasteiger partial charge >= 0.3 is 0 Å². The molecule has 8 nitrogen and oxygen atoms in total. The zero-order chi connectivity index (χ0) is 20.8. The van der Waals surface area contributed by atoms with Crippen LogP contribution in [0.2, 0.25) is 0 Å². The fourth-order valence-corrected chi connectivity index (χ4v) is 3.34. The molecular formula is C22H22N4O4. The van der Waals surface area contributed by atoms with Crippen LogP contribution in [0, 0.1) is 0 Å². The van der Waals surface area contributed by atoms with Gasteiger partial charge in [-0.05, 0) is 24.1 Å². The molecule has 0 aliphatic carbocycles. The maximum absolute atomic E-state index is 12.3. The number of hydrogen-bond donors (Lipinski definition) is 1. The standard InChI is InChI=1S/C22H22N4O4/c27-20(15-29-17-9-5-2-6-10-17)23-13-19-24-22(30-25-19)18-11-12-21(28)26(18)14-16-7-3-1-4-8-16/h1-10,18H,11-15H2,(H,23,27)/t18-/m0/s1. The summed E-state index contributed by atoms with van der Waals surface area (Å²) < 4.78 is 10.8. The second-order valence-electron chi connectivity index (χ2n) is 6.99. The second kappa shape index (κ2) is 9.21. The molecule has 3 aromatic rings. The van der Waals surface area contributed by atoms with Gasteiger partial charge in [-0.1, -0.05) is 53.7 Å². The first-order valence-corrected chi connectivity index (χ1v) is 9.79. The third kappa shape index (κ3) is 4.83. The number of ether oxygens (including phenoxy) is 1. The first-order chi connectivity index (χ1) is 14.7. The molecule has 0 saturated carbocycles. The molecular weight excluding hydrogens is 384 g/mol. The summed E-state index contributed by atoms with van der Waals surface area (Å²) in [5.74, 6) is 1.15. The third-order valence-corrected chi connectivity index (χ3v) is 4.85. The van der Waals surface area contributed by atoms with Gasteiger partial charge in [-0.15, -0.1) is 0 Å². The number of benzene rings is 2. The molecule has 1 aliphatic heterocycles. The van der Waals surface area contributed by atoms with E-state index in [1.54, 1.807) is 17.0 Å². The number of amides is 2. The van der Waals surface area contributed by atoms with Gasteiger partial charge in [-0.3, -0.25) is 9.59 Å². The van der Waals surface area contributed by atoms with Crippen molar-refractivity contribution in [1.29, 1.82) is 0 Å². The van der Waals surface area contributed by atoms with E-state index in [2.05, 4.69) is 15.5 Å². The molecule has 0 radical (unpaired) electrons. The number of carbonyl (C=O) groups is 2. The Bertz CT molecular complexity index is 991. The smallest absolute Gasteiger partial charge is 0.258 e. The van der Waals surface area contributed by atoms with E-state index >= 15 is 0 Å².